The monoisotopic (exact) mass is 248 g/mol. The molecule has 0 atom stereocenters. The molecule has 0 amide bonds. The lowest BCUT2D eigenvalue weighted by molar-refractivity contribution is 0.0459. The normalized spacial score (nSPS) is 16.6. The minimum atomic E-state index is -0.443. The van der Waals surface area contributed by atoms with Crippen LogP contribution in [0.2, 0.25) is 0 Å². The Balaban J connectivity index is 2.10. The number of anilines is 1. The lowest BCUT2D eigenvalue weighted by Gasteiger charge is -2.33. The van der Waals surface area contributed by atoms with Gasteiger partial charge in [0.15, 0.2) is 0 Å². The summed E-state index contributed by atoms with van der Waals surface area (Å²) in [5, 5.41) is 9.02. The molecule has 0 bridgehead atoms. The first kappa shape index (κ1) is 12.8. The SMILES string of the molecule is CCOC1CCN(c2cccc(F)c2C#N)CC1. The molecule has 4 heteroatoms. The highest BCUT2D eigenvalue weighted by atomic mass is 19.1. The third-order valence-corrected chi connectivity index (χ3v) is 3.29. The average molecular weight is 248 g/mol. The van der Waals surface area contributed by atoms with Crippen molar-refractivity contribution in [2.45, 2.75) is 25.9 Å². The number of hydrogen-bond donors (Lipinski definition) is 0. The molecule has 1 heterocycles. The molecule has 18 heavy (non-hydrogen) atoms. The molecule has 3 nitrogen and oxygen atoms in total. The van der Waals surface area contributed by atoms with Crippen LogP contribution < -0.4 is 4.90 Å². The van der Waals surface area contributed by atoms with Crippen molar-refractivity contribution < 1.29 is 9.13 Å². The van der Waals surface area contributed by atoms with Gasteiger partial charge in [-0.25, -0.2) is 4.39 Å². The summed E-state index contributed by atoms with van der Waals surface area (Å²) >= 11 is 0. The molecule has 0 radical (unpaired) electrons. The van der Waals surface area contributed by atoms with Gasteiger partial charge in [-0.15, -0.1) is 0 Å². The number of rotatable bonds is 3. The smallest absolute Gasteiger partial charge is 0.143 e. The van der Waals surface area contributed by atoms with Crippen molar-refractivity contribution >= 4 is 5.69 Å². The minimum absolute atomic E-state index is 0.146. The highest BCUT2D eigenvalue weighted by molar-refractivity contribution is 5.60. The van der Waals surface area contributed by atoms with E-state index in [0.29, 0.717) is 11.8 Å². The number of piperidine rings is 1. The second-order valence-electron chi connectivity index (χ2n) is 4.39. The minimum Gasteiger partial charge on any atom is -0.378 e. The van der Waals surface area contributed by atoms with Crippen LogP contribution in [0.4, 0.5) is 10.1 Å². The number of ether oxygens (including phenoxy) is 1. The van der Waals surface area contributed by atoms with Crippen molar-refractivity contribution in [1.29, 1.82) is 5.26 Å². The van der Waals surface area contributed by atoms with Crippen molar-refractivity contribution in [3.05, 3.63) is 29.6 Å². The van der Waals surface area contributed by atoms with Crippen LogP contribution in [-0.2, 0) is 4.74 Å². The molecule has 2 rings (SSSR count). The van der Waals surface area contributed by atoms with E-state index in [4.69, 9.17) is 10.00 Å². The lowest BCUT2D eigenvalue weighted by atomic mass is 10.0. The zero-order chi connectivity index (χ0) is 13.0. The van der Waals surface area contributed by atoms with Crippen LogP contribution in [0.25, 0.3) is 0 Å². The van der Waals surface area contributed by atoms with E-state index in [-0.39, 0.29) is 5.56 Å². The fourth-order valence-corrected chi connectivity index (χ4v) is 2.39. The van der Waals surface area contributed by atoms with Gasteiger partial charge in [-0.2, -0.15) is 5.26 Å². The van der Waals surface area contributed by atoms with Crippen molar-refractivity contribution in [1.82, 2.24) is 0 Å². The third-order valence-electron chi connectivity index (χ3n) is 3.29. The van der Waals surface area contributed by atoms with E-state index in [2.05, 4.69) is 4.90 Å². The molecular formula is C14H17FN2O. The molecular weight excluding hydrogens is 231 g/mol. The van der Waals surface area contributed by atoms with Crippen LogP contribution in [0, 0.1) is 17.1 Å². The topological polar surface area (TPSA) is 36.3 Å². The van der Waals surface area contributed by atoms with Crippen molar-refractivity contribution in [3.8, 4) is 6.07 Å². The number of nitrogens with zero attached hydrogens (tertiary/aromatic N) is 2. The van der Waals surface area contributed by atoms with Gasteiger partial charge in [0.1, 0.15) is 17.4 Å². The first-order valence-electron chi connectivity index (χ1n) is 6.31. The molecule has 1 saturated heterocycles. The van der Waals surface area contributed by atoms with Crippen LogP contribution >= 0.6 is 0 Å². The fraction of sp³-hybridized carbons (Fsp3) is 0.500. The lowest BCUT2D eigenvalue weighted by Crippen LogP contribution is -2.37. The highest BCUT2D eigenvalue weighted by Gasteiger charge is 2.22. The van der Waals surface area contributed by atoms with E-state index in [1.54, 1.807) is 6.07 Å². The van der Waals surface area contributed by atoms with Crippen LogP contribution in [0.5, 0.6) is 0 Å². The van der Waals surface area contributed by atoms with Gasteiger partial charge in [-0.3, -0.25) is 0 Å². The quantitative estimate of drug-likeness (QED) is 0.825. The Bertz CT molecular complexity index is 448. The zero-order valence-electron chi connectivity index (χ0n) is 10.5. The molecule has 0 aliphatic carbocycles. The van der Waals surface area contributed by atoms with Gasteiger partial charge in [0.05, 0.1) is 11.8 Å². The van der Waals surface area contributed by atoms with Gasteiger partial charge in [0.25, 0.3) is 0 Å². The van der Waals surface area contributed by atoms with Crippen molar-refractivity contribution in [2.24, 2.45) is 0 Å². The Morgan fingerprint density at radius 1 is 1.44 bits per heavy atom. The summed E-state index contributed by atoms with van der Waals surface area (Å²) in [7, 11) is 0. The highest BCUT2D eigenvalue weighted by Crippen LogP contribution is 2.26. The van der Waals surface area contributed by atoms with Gasteiger partial charge >= 0.3 is 0 Å². The summed E-state index contributed by atoms with van der Waals surface area (Å²) in [6.45, 7) is 4.34. The molecule has 1 aliphatic rings. The maximum Gasteiger partial charge on any atom is 0.143 e. The third kappa shape index (κ3) is 2.62. The van der Waals surface area contributed by atoms with E-state index >= 15 is 0 Å². The van der Waals surface area contributed by atoms with Gasteiger partial charge in [-0.05, 0) is 31.9 Å². The van der Waals surface area contributed by atoms with Crippen LogP contribution in [-0.4, -0.2) is 25.8 Å². The Morgan fingerprint density at radius 2 is 2.17 bits per heavy atom. The number of halogens is 1. The molecule has 0 saturated carbocycles. The summed E-state index contributed by atoms with van der Waals surface area (Å²) in [6.07, 6.45) is 2.15. The van der Waals surface area contributed by atoms with E-state index in [1.807, 2.05) is 19.1 Å². The van der Waals surface area contributed by atoms with Gasteiger partial charge in [-0.1, -0.05) is 6.07 Å². The van der Waals surface area contributed by atoms with Crippen LogP contribution in [0.1, 0.15) is 25.3 Å². The first-order valence-corrected chi connectivity index (χ1v) is 6.31. The zero-order valence-corrected chi connectivity index (χ0v) is 10.5. The fourth-order valence-electron chi connectivity index (χ4n) is 2.39. The Morgan fingerprint density at radius 3 is 2.78 bits per heavy atom. The second-order valence-corrected chi connectivity index (χ2v) is 4.39. The molecule has 1 aromatic carbocycles. The molecule has 1 aromatic rings. The molecule has 0 unspecified atom stereocenters. The van der Waals surface area contributed by atoms with E-state index in [9.17, 15) is 4.39 Å². The molecule has 0 aromatic heterocycles. The van der Waals surface area contributed by atoms with Gasteiger partial charge < -0.3 is 9.64 Å². The van der Waals surface area contributed by atoms with Gasteiger partial charge in [0, 0.05) is 19.7 Å². The predicted octanol–water partition coefficient (Wildman–Crippen LogP) is 2.70. The number of nitriles is 1. The predicted molar refractivity (Wildman–Crippen MR) is 68.0 cm³/mol. The summed E-state index contributed by atoms with van der Waals surface area (Å²) < 4.78 is 19.1. The first-order chi connectivity index (χ1) is 8.76. The Hall–Kier alpha value is -1.60. The van der Waals surface area contributed by atoms with E-state index < -0.39 is 5.82 Å². The maximum absolute atomic E-state index is 13.5. The van der Waals surface area contributed by atoms with Crippen LogP contribution in [0.3, 0.4) is 0 Å². The number of hydrogen-bond acceptors (Lipinski definition) is 3. The summed E-state index contributed by atoms with van der Waals surface area (Å²) in [5.74, 6) is -0.443. The molecule has 1 fully saturated rings. The second kappa shape index (κ2) is 5.83. The molecule has 96 valence electrons. The summed E-state index contributed by atoms with van der Waals surface area (Å²) in [6, 6.07) is 6.74. The average Bonchev–Trinajstić information content (AvgIpc) is 2.40. The van der Waals surface area contributed by atoms with E-state index in [0.717, 1.165) is 32.5 Å². The summed E-state index contributed by atoms with van der Waals surface area (Å²) in [4.78, 5) is 2.07. The maximum atomic E-state index is 13.5. The molecule has 0 N–H and O–H groups in total. The largest absolute Gasteiger partial charge is 0.378 e. The van der Waals surface area contributed by atoms with Crippen molar-refractivity contribution in [3.63, 3.8) is 0 Å². The van der Waals surface area contributed by atoms with Crippen LogP contribution in [0.15, 0.2) is 18.2 Å². The van der Waals surface area contributed by atoms with Crippen molar-refractivity contribution in [2.75, 3.05) is 24.6 Å². The summed E-state index contributed by atoms with van der Waals surface area (Å²) in [5.41, 5.74) is 0.847. The standard InChI is InChI=1S/C14H17FN2O/c1-2-18-11-6-8-17(9-7-11)14-5-3-4-13(15)12(14)10-16/h3-5,11H,2,6-9H2,1H3. The molecule has 1 aliphatic heterocycles. The van der Waals surface area contributed by atoms with E-state index in [1.165, 1.54) is 6.07 Å². The Labute approximate surface area is 107 Å². The molecule has 0 spiro atoms. The Kier molecular flexibility index (Phi) is 4.16. The van der Waals surface area contributed by atoms with Gasteiger partial charge in [0.2, 0.25) is 0 Å². The number of benzene rings is 1.